The Morgan fingerprint density at radius 2 is 2.06 bits per heavy atom. The largest absolute Gasteiger partial charge is 0.312 e. The fourth-order valence-electron chi connectivity index (χ4n) is 1.93. The Kier molecular flexibility index (Phi) is 2.30. The standard InChI is InChI=1S/C13H10N2OS/c1-8-4-2-3-5-9(8)10-6-17-12-11(10)14-7-15-13(12)16/h2-7H,1H3,(H,14,15,16). The van der Waals surface area contributed by atoms with Gasteiger partial charge in [-0.25, -0.2) is 4.98 Å². The van der Waals surface area contributed by atoms with E-state index in [-0.39, 0.29) is 5.56 Å². The SMILES string of the molecule is Cc1ccccc1-c1csc2c(=O)[nH]cnc12. The number of fused-ring (bicyclic) bond motifs is 1. The van der Waals surface area contributed by atoms with Crippen LogP contribution in [0.1, 0.15) is 5.56 Å². The summed E-state index contributed by atoms with van der Waals surface area (Å²) in [6.45, 7) is 2.06. The molecule has 4 heteroatoms. The molecule has 3 rings (SSSR count). The molecule has 0 aliphatic rings. The van der Waals surface area contributed by atoms with E-state index in [1.165, 1.54) is 23.2 Å². The summed E-state index contributed by atoms with van der Waals surface area (Å²) in [5.74, 6) is 0. The van der Waals surface area contributed by atoms with E-state index in [0.717, 1.165) is 16.6 Å². The van der Waals surface area contributed by atoms with Gasteiger partial charge in [0, 0.05) is 10.9 Å². The van der Waals surface area contributed by atoms with Gasteiger partial charge in [0.25, 0.3) is 5.56 Å². The molecule has 2 heterocycles. The van der Waals surface area contributed by atoms with Gasteiger partial charge >= 0.3 is 0 Å². The molecule has 17 heavy (non-hydrogen) atoms. The molecule has 1 N–H and O–H groups in total. The highest BCUT2D eigenvalue weighted by molar-refractivity contribution is 7.17. The molecule has 0 aliphatic carbocycles. The van der Waals surface area contributed by atoms with Crippen LogP contribution in [-0.2, 0) is 0 Å². The molecule has 0 amide bonds. The zero-order chi connectivity index (χ0) is 11.8. The smallest absolute Gasteiger partial charge is 0.268 e. The molecule has 0 atom stereocenters. The molecular weight excluding hydrogens is 232 g/mol. The van der Waals surface area contributed by atoms with Gasteiger partial charge in [0.1, 0.15) is 4.70 Å². The summed E-state index contributed by atoms with van der Waals surface area (Å²) < 4.78 is 0.686. The number of nitrogens with zero attached hydrogens (tertiary/aromatic N) is 1. The molecule has 1 aromatic carbocycles. The van der Waals surface area contributed by atoms with Gasteiger partial charge in [0.2, 0.25) is 0 Å². The number of hydrogen-bond donors (Lipinski definition) is 1. The summed E-state index contributed by atoms with van der Waals surface area (Å²) in [7, 11) is 0. The van der Waals surface area contributed by atoms with E-state index in [0.29, 0.717) is 4.70 Å². The summed E-state index contributed by atoms with van der Waals surface area (Å²) in [5.41, 5.74) is 4.08. The van der Waals surface area contributed by atoms with Crippen molar-refractivity contribution in [2.75, 3.05) is 0 Å². The molecule has 0 bridgehead atoms. The Morgan fingerprint density at radius 3 is 2.88 bits per heavy atom. The molecule has 0 fully saturated rings. The van der Waals surface area contributed by atoms with Crippen molar-refractivity contribution in [2.45, 2.75) is 6.92 Å². The zero-order valence-electron chi connectivity index (χ0n) is 9.23. The lowest BCUT2D eigenvalue weighted by Gasteiger charge is -2.02. The molecule has 0 radical (unpaired) electrons. The molecule has 0 unspecified atom stereocenters. The van der Waals surface area contributed by atoms with Crippen molar-refractivity contribution < 1.29 is 0 Å². The molecule has 84 valence electrons. The Balaban J connectivity index is 2.36. The number of aromatic nitrogens is 2. The maximum atomic E-state index is 11.6. The van der Waals surface area contributed by atoms with Gasteiger partial charge in [-0.15, -0.1) is 11.3 Å². The number of aromatic amines is 1. The minimum atomic E-state index is -0.0696. The van der Waals surface area contributed by atoms with E-state index in [4.69, 9.17) is 0 Å². The number of nitrogens with one attached hydrogen (secondary N) is 1. The second kappa shape index (κ2) is 3.82. The lowest BCUT2D eigenvalue weighted by Crippen LogP contribution is -2.03. The van der Waals surface area contributed by atoms with Crippen molar-refractivity contribution in [3.05, 3.63) is 51.9 Å². The van der Waals surface area contributed by atoms with Gasteiger partial charge in [-0.2, -0.15) is 0 Å². The number of rotatable bonds is 1. The predicted molar refractivity (Wildman–Crippen MR) is 70.4 cm³/mol. The van der Waals surface area contributed by atoms with Crippen LogP contribution in [0.5, 0.6) is 0 Å². The quantitative estimate of drug-likeness (QED) is 0.713. The van der Waals surface area contributed by atoms with E-state index in [1.54, 1.807) is 0 Å². The van der Waals surface area contributed by atoms with Gasteiger partial charge in [-0.1, -0.05) is 24.3 Å². The first kappa shape index (κ1) is 10.2. The van der Waals surface area contributed by atoms with Crippen LogP contribution in [0.2, 0.25) is 0 Å². The van der Waals surface area contributed by atoms with Crippen LogP contribution >= 0.6 is 11.3 Å². The minimum Gasteiger partial charge on any atom is -0.312 e. The molecule has 2 aromatic heterocycles. The average Bonchev–Trinajstić information content (AvgIpc) is 2.75. The normalized spacial score (nSPS) is 10.9. The van der Waals surface area contributed by atoms with E-state index in [2.05, 4.69) is 29.0 Å². The van der Waals surface area contributed by atoms with Crippen LogP contribution < -0.4 is 5.56 Å². The van der Waals surface area contributed by atoms with Gasteiger partial charge in [-0.05, 0) is 18.1 Å². The number of H-pyrrole nitrogens is 1. The van der Waals surface area contributed by atoms with Crippen molar-refractivity contribution in [1.82, 2.24) is 9.97 Å². The second-order valence-corrected chi connectivity index (χ2v) is 4.75. The Hall–Kier alpha value is -1.94. The molecule has 3 aromatic rings. The van der Waals surface area contributed by atoms with E-state index < -0.39 is 0 Å². The Bertz CT molecular complexity index is 742. The lowest BCUT2D eigenvalue weighted by molar-refractivity contribution is 1.18. The number of hydrogen-bond acceptors (Lipinski definition) is 3. The highest BCUT2D eigenvalue weighted by Gasteiger charge is 2.11. The highest BCUT2D eigenvalue weighted by Crippen LogP contribution is 2.32. The lowest BCUT2D eigenvalue weighted by atomic mass is 10.0. The van der Waals surface area contributed by atoms with Crippen LogP contribution in [-0.4, -0.2) is 9.97 Å². The first-order valence-corrected chi connectivity index (χ1v) is 6.16. The van der Waals surface area contributed by atoms with Gasteiger partial charge in [0.15, 0.2) is 0 Å². The van der Waals surface area contributed by atoms with Crippen molar-refractivity contribution in [2.24, 2.45) is 0 Å². The summed E-state index contributed by atoms with van der Waals surface area (Å²) in [4.78, 5) is 18.5. The fraction of sp³-hybridized carbons (Fsp3) is 0.0769. The van der Waals surface area contributed by atoms with Gasteiger partial charge in [0.05, 0.1) is 11.8 Å². The topological polar surface area (TPSA) is 45.8 Å². The van der Waals surface area contributed by atoms with E-state index in [9.17, 15) is 4.79 Å². The third-order valence-corrected chi connectivity index (χ3v) is 3.76. The molecule has 0 aliphatic heterocycles. The highest BCUT2D eigenvalue weighted by atomic mass is 32.1. The summed E-state index contributed by atoms with van der Waals surface area (Å²) in [6, 6.07) is 8.12. The van der Waals surface area contributed by atoms with Gasteiger partial charge in [-0.3, -0.25) is 4.79 Å². The summed E-state index contributed by atoms with van der Waals surface area (Å²) >= 11 is 1.44. The zero-order valence-corrected chi connectivity index (χ0v) is 10.0. The maximum Gasteiger partial charge on any atom is 0.268 e. The van der Waals surface area contributed by atoms with Gasteiger partial charge < -0.3 is 4.98 Å². The molecule has 3 nitrogen and oxygen atoms in total. The molecule has 0 saturated heterocycles. The Morgan fingerprint density at radius 1 is 1.24 bits per heavy atom. The first-order chi connectivity index (χ1) is 8.27. The third-order valence-electron chi connectivity index (χ3n) is 2.80. The first-order valence-electron chi connectivity index (χ1n) is 5.28. The van der Waals surface area contributed by atoms with Crippen molar-refractivity contribution >= 4 is 21.6 Å². The van der Waals surface area contributed by atoms with Crippen LogP contribution in [0.25, 0.3) is 21.3 Å². The monoisotopic (exact) mass is 242 g/mol. The van der Waals surface area contributed by atoms with Crippen LogP contribution in [0.15, 0.2) is 40.8 Å². The molecule has 0 saturated carbocycles. The number of thiophene rings is 1. The van der Waals surface area contributed by atoms with Crippen molar-refractivity contribution in [1.29, 1.82) is 0 Å². The minimum absolute atomic E-state index is 0.0696. The van der Waals surface area contributed by atoms with E-state index in [1.807, 2.05) is 17.5 Å². The van der Waals surface area contributed by atoms with Crippen LogP contribution in [0.4, 0.5) is 0 Å². The third kappa shape index (κ3) is 1.57. The summed E-state index contributed by atoms with van der Waals surface area (Å²) in [5, 5.41) is 2.00. The second-order valence-electron chi connectivity index (χ2n) is 3.87. The fourth-order valence-corrected chi connectivity index (χ4v) is 2.84. The van der Waals surface area contributed by atoms with Crippen LogP contribution in [0.3, 0.4) is 0 Å². The maximum absolute atomic E-state index is 11.6. The van der Waals surface area contributed by atoms with Crippen LogP contribution in [0, 0.1) is 6.92 Å². The average molecular weight is 242 g/mol. The van der Waals surface area contributed by atoms with Crippen molar-refractivity contribution in [3.8, 4) is 11.1 Å². The Labute approximate surface area is 102 Å². The van der Waals surface area contributed by atoms with E-state index >= 15 is 0 Å². The number of aryl methyl sites for hydroxylation is 1. The summed E-state index contributed by atoms with van der Waals surface area (Å²) in [6.07, 6.45) is 1.46. The number of benzene rings is 1. The van der Waals surface area contributed by atoms with Crippen molar-refractivity contribution in [3.63, 3.8) is 0 Å². The molecular formula is C13H10N2OS. The molecule has 0 spiro atoms. The predicted octanol–water partition coefficient (Wildman–Crippen LogP) is 2.96.